The van der Waals surface area contributed by atoms with Gasteiger partial charge in [-0.3, -0.25) is 0 Å². The number of nitrogen functional groups attached to an aromatic ring is 1. The van der Waals surface area contributed by atoms with Crippen molar-refractivity contribution in [2.75, 3.05) is 18.8 Å². The summed E-state index contributed by atoms with van der Waals surface area (Å²) in [6.07, 6.45) is 2.19. The Morgan fingerprint density at radius 1 is 1.42 bits per heavy atom. The molecule has 5 heteroatoms. The first-order valence-corrected chi connectivity index (χ1v) is 6.97. The Labute approximate surface area is 113 Å². The fourth-order valence-corrected chi connectivity index (χ4v) is 2.81. The quantitative estimate of drug-likeness (QED) is 0.909. The van der Waals surface area contributed by atoms with Gasteiger partial charge in [0.15, 0.2) is 11.5 Å². The predicted octanol–water partition coefficient (Wildman–Crippen LogP) is 1.58. The molecule has 2 aromatic rings. The number of hydrogen-bond acceptors (Lipinski definition) is 4. The van der Waals surface area contributed by atoms with Crippen molar-refractivity contribution in [3.05, 3.63) is 24.0 Å². The number of nitrogens with zero attached hydrogens (tertiary/aromatic N) is 4. The summed E-state index contributed by atoms with van der Waals surface area (Å²) in [6.45, 7) is 6.86. The number of hydrogen-bond donors (Lipinski definition) is 1. The fourth-order valence-electron chi connectivity index (χ4n) is 2.81. The van der Waals surface area contributed by atoms with Crippen molar-refractivity contribution in [1.82, 2.24) is 19.5 Å². The highest BCUT2D eigenvalue weighted by Gasteiger charge is 2.25. The maximum absolute atomic E-state index is 5.89. The van der Waals surface area contributed by atoms with Crippen LogP contribution in [-0.2, 0) is 6.42 Å². The number of aromatic nitrogens is 3. The van der Waals surface area contributed by atoms with Gasteiger partial charge in [0.25, 0.3) is 0 Å². The maximum atomic E-state index is 5.89. The smallest absolute Gasteiger partial charge is 0.157 e. The van der Waals surface area contributed by atoms with Crippen LogP contribution in [0, 0.1) is 5.92 Å². The largest absolute Gasteiger partial charge is 0.384 e. The molecule has 1 atom stereocenters. The number of nitrogens with two attached hydrogens (primary N) is 1. The molecule has 19 heavy (non-hydrogen) atoms. The molecule has 1 unspecified atom stereocenters. The van der Waals surface area contributed by atoms with Crippen molar-refractivity contribution in [1.29, 1.82) is 0 Å². The lowest BCUT2D eigenvalue weighted by molar-refractivity contribution is 0.264. The van der Waals surface area contributed by atoms with E-state index < -0.39 is 0 Å². The van der Waals surface area contributed by atoms with Crippen LogP contribution < -0.4 is 5.73 Å². The van der Waals surface area contributed by atoms with Crippen LogP contribution in [0.4, 0.5) is 5.82 Å². The Hall–Kier alpha value is -1.62. The van der Waals surface area contributed by atoms with Gasteiger partial charge in [0.2, 0.25) is 0 Å². The minimum atomic E-state index is 0.634. The molecule has 0 spiro atoms. The van der Waals surface area contributed by atoms with Crippen LogP contribution in [-0.4, -0.2) is 38.6 Å². The van der Waals surface area contributed by atoms with Gasteiger partial charge in [0.1, 0.15) is 5.82 Å². The Morgan fingerprint density at radius 2 is 2.26 bits per heavy atom. The Bertz CT molecular complexity index is 574. The summed E-state index contributed by atoms with van der Waals surface area (Å²) < 4.78 is 1.73. The first-order chi connectivity index (χ1) is 9.13. The molecular formula is C14H21N5. The molecule has 3 rings (SSSR count). The summed E-state index contributed by atoms with van der Waals surface area (Å²) in [4.78, 5) is 7.08. The van der Waals surface area contributed by atoms with Gasteiger partial charge in [-0.1, -0.05) is 6.07 Å². The number of fused-ring (bicyclic) bond motifs is 1. The highest BCUT2D eigenvalue weighted by Crippen LogP contribution is 2.21. The first-order valence-electron chi connectivity index (χ1n) is 6.97. The first kappa shape index (κ1) is 12.4. The SMILES string of the molecule is CC(C)N1CCC(Cc2nc3cccc(N)n3n2)C1. The zero-order valence-corrected chi connectivity index (χ0v) is 11.6. The molecule has 2 N–H and O–H groups in total. The zero-order valence-electron chi connectivity index (χ0n) is 11.6. The van der Waals surface area contributed by atoms with Crippen LogP contribution >= 0.6 is 0 Å². The van der Waals surface area contributed by atoms with Crippen LogP contribution in [0.15, 0.2) is 18.2 Å². The minimum Gasteiger partial charge on any atom is -0.384 e. The minimum absolute atomic E-state index is 0.634. The molecular weight excluding hydrogens is 238 g/mol. The average molecular weight is 259 g/mol. The van der Waals surface area contributed by atoms with Crippen molar-refractivity contribution in [3.63, 3.8) is 0 Å². The average Bonchev–Trinajstić information content (AvgIpc) is 2.96. The van der Waals surface area contributed by atoms with Crippen LogP contribution in [0.5, 0.6) is 0 Å². The lowest BCUT2D eigenvalue weighted by Crippen LogP contribution is -2.28. The van der Waals surface area contributed by atoms with Crippen LogP contribution in [0.2, 0.25) is 0 Å². The van der Waals surface area contributed by atoms with E-state index in [9.17, 15) is 0 Å². The summed E-state index contributed by atoms with van der Waals surface area (Å²) in [5, 5.41) is 4.51. The van der Waals surface area contributed by atoms with E-state index in [-0.39, 0.29) is 0 Å². The van der Waals surface area contributed by atoms with Crippen molar-refractivity contribution in [2.45, 2.75) is 32.7 Å². The summed E-state index contributed by atoms with van der Waals surface area (Å²) >= 11 is 0. The third kappa shape index (κ3) is 2.42. The van der Waals surface area contributed by atoms with Gasteiger partial charge < -0.3 is 10.6 Å². The van der Waals surface area contributed by atoms with E-state index in [0.717, 1.165) is 24.4 Å². The second kappa shape index (κ2) is 4.81. The summed E-state index contributed by atoms with van der Waals surface area (Å²) in [5.41, 5.74) is 6.73. The maximum Gasteiger partial charge on any atom is 0.157 e. The highest BCUT2D eigenvalue weighted by atomic mass is 15.3. The van der Waals surface area contributed by atoms with Gasteiger partial charge in [-0.05, 0) is 44.9 Å². The molecule has 5 nitrogen and oxygen atoms in total. The van der Waals surface area contributed by atoms with E-state index in [1.165, 1.54) is 13.0 Å². The topological polar surface area (TPSA) is 59.5 Å². The van der Waals surface area contributed by atoms with E-state index >= 15 is 0 Å². The second-order valence-corrected chi connectivity index (χ2v) is 5.70. The highest BCUT2D eigenvalue weighted by molar-refractivity contribution is 5.45. The predicted molar refractivity (Wildman–Crippen MR) is 75.9 cm³/mol. The molecule has 1 aliphatic heterocycles. The van der Waals surface area contributed by atoms with Crippen molar-refractivity contribution < 1.29 is 0 Å². The second-order valence-electron chi connectivity index (χ2n) is 5.70. The Kier molecular flexibility index (Phi) is 3.14. The third-order valence-electron chi connectivity index (χ3n) is 3.95. The lowest BCUT2D eigenvalue weighted by Gasteiger charge is -2.19. The molecule has 1 aliphatic rings. The summed E-state index contributed by atoms with van der Waals surface area (Å²) in [6, 6.07) is 6.34. The number of anilines is 1. The van der Waals surface area contributed by atoms with Crippen molar-refractivity contribution in [3.8, 4) is 0 Å². The lowest BCUT2D eigenvalue weighted by atomic mass is 10.1. The van der Waals surface area contributed by atoms with Crippen LogP contribution in [0.25, 0.3) is 5.65 Å². The van der Waals surface area contributed by atoms with Gasteiger partial charge in [-0.15, -0.1) is 5.10 Å². The monoisotopic (exact) mass is 259 g/mol. The summed E-state index contributed by atoms with van der Waals surface area (Å²) in [7, 11) is 0. The molecule has 0 bridgehead atoms. The molecule has 0 aliphatic carbocycles. The Morgan fingerprint density at radius 3 is 2.95 bits per heavy atom. The fraction of sp³-hybridized carbons (Fsp3) is 0.571. The van der Waals surface area contributed by atoms with Gasteiger partial charge in [-0.2, -0.15) is 4.52 Å². The van der Waals surface area contributed by atoms with E-state index in [4.69, 9.17) is 5.73 Å². The van der Waals surface area contributed by atoms with Gasteiger partial charge >= 0.3 is 0 Å². The summed E-state index contributed by atoms with van der Waals surface area (Å²) in [5.74, 6) is 2.22. The van der Waals surface area contributed by atoms with Gasteiger partial charge in [-0.25, -0.2) is 4.98 Å². The standard InChI is InChI=1S/C14H21N5/c1-10(2)18-7-6-11(9-18)8-13-16-14-5-3-4-12(15)19(14)17-13/h3-5,10-11H,6-9,15H2,1-2H3. The molecule has 102 valence electrons. The number of pyridine rings is 1. The number of rotatable bonds is 3. The van der Waals surface area contributed by atoms with Gasteiger partial charge in [0, 0.05) is 19.0 Å². The van der Waals surface area contributed by atoms with Crippen molar-refractivity contribution >= 4 is 11.5 Å². The van der Waals surface area contributed by atoms with E-state index in [1.807, 2.05) is 18.2 Å². The molecule has 3 heterocycles. The molecule has 1 fully saturated rings. The normalized spacial score (nSPS) is 20.7. The van der Waals surface area contributed by atoms with E-state index in [1.54, 1.807) is 4.52 Å². The zero-order chi connectivity index (χ0) is 13.4. The molecule has 0 aromatic carbocycles. The molecule has 0 amide bonds. The molecule has 2 aromatic heterocycles. The van der Waals surface area contributed by atoms with E-state index in [0.29, 0.717) is 17.8 Å². The van der Waals surface area contributed by atoms with Gasteiger partial charge in [0.05, 0.1) is 0 Å². The van der Waals surface area contributed by atoms with Crippen LogP contribution in [0.1, 0.15) is 26.1 Å². The Balaban J connectivity index is 1.74. The van der Waals surface area contributed by atoms with E-state index in [2.05, 4.69) is 28.8 Å². The number of likely N-dealkylation sites (tertiary alicyclic amines) is 1. The molecule has 1 saturated heterocycles. The molecule has 0 saturated carbocycles. The van der Waals surface area contributed by atoms with Crippen molar-refractivity contribution in [2.24, 2.45) is 5.92 Å². The third-order valence-corrected chi connectivity index (χ3v) is 3.95. The molecule has 0 radical (unpaired) electrons. The van der Waals surface area contributed by atoms with Crippen LogP contribution in [0.3, 0.4) is 0 Å².